The molecule has 0 bridgehead atoms. The van der Waals surface area contributed by atoms with Gasteiger partial charge in [-0.15, -0.1) is 0 Å². The van der Waals surface area contributed by atoms with E-state index in [0.717, 1.165) is 25.7 Å². The number of hydrogen-bond acceptors (Lipinski definition) is 7. The van der Waals surface area contributed by atoms with Gasteiger partial charge in [-0.3, -0.25) is 14.8 Å². The van der Waals surface area contributed by atoms with Crippen molar-refractivity contribution in [2.45, 2.75) is 96.3 Å². The van der Waals surface area contributed by atoms with E-state index in [0.29, 0.717) is 54.5 Å². The summed E-state index contributed by atoms with van der Waals surface area (Å²) in [4.78, 5) is 27.9. The number of nitrogens with zero attached hydrogens (tertiary/aromatic N) is 5. The van der Waals surface area contributed by atoms with Crippen molar-refractivity contribution in [3.63, 3.8) is 0 Å². The first kappa shape index (κ1) is 29.5. The highest BCUT2D eigenvalue weighted by atomic mass is 19.3. The number of ether oxygens (including phenoxy) is 1. The molecule has 8 nitrogen and oxygen atoms in total. The largest absolute Gasteiger partial charge is 0.433 e. The standard InChI is InChI=1S/C29H36F3N5O3/c1-28(2,3)26-35-24(36-40-26)8-5-4-6-15-37(25(38)11-14-29(32)12-7-13-29)21-16-20(17-33-18-21)23-10-9-22(19-34-23)39-27(30)31/h9-10,16-19,27H,4-8,11-15H2,1-3H3. The number of anilines is 1. The summed E-state index contributed by atoms with van der Waals surface area (Å²) >= 11 is 0. The minimum atomic E-state index is -2.94. The Morgan fingerprint density at radius 2 is 1.95 bits per heavy atom. The van der Waals surface area contributed by atoms with Gasteiger partial charge in [-0.1, -0.05) is 32.3 Å². The van der Waals surface area contributed by atoms with Crippen LogP contribution in [0.5, 0.6) is 5.75 Å². The molecule has 11 heteroatoms. The van der Waals surface area contributed by atoms with Crippen LogP contribution in [-0.2, 0) is 16.6 Å². The van der Waals surface area contributed by atoms with Gasteiger partial charge in [0.25, 0.3) is 0 Å². The van der Waals surface area contributed by atoms with E-state index in [2.05, 4.69) is 24.8 Å². The third-order valence-electron chi connectivity index (χ3n) is 7.02. The third kappa shape index (κ3) is 8.02. The van der Waals surface area contributed by atoms with Gasteiger partial charge >= 0.3 is 6.61 Å². The Kier molecular flexibility index (Phi) is 9.42. The lowest BCUT2D eigenvalue weighted by Crippen LogP contribution is -2.36. The summed E-state index contributed by atoms with van der Waals surface area (Å²) < 4.78 is 49.3. The van der Waals surface area contributed by atoms with Gasteiger partial charge in [-0.05, 0) is 56.7 Å². The van der Waals surface area contributed by atoms with Crippen molar-refractivity contribution in [1.29, 1.82) is 0 Å². The molecule has 3 aromatic rings. The summed E-state index contributed by atoms with van der Waals surface area (Å²) in [6.07, 6.45) is 9.61. The fourth-order valence-corrected chi connectivity index (χ4v) is 4.50. The van der Waals surface area contributed by atoms with Crippen LogP contribution in [0.1, 0.15) is 83.9 Å². The summed E-state index contributed by atoms with van der Waals surface area (Å²) in [5.74, 6) is 1.06. The molecule has 216 valence electrons. The Bertz CT molecular complexity index is 1260. The van der Waals surface area contributed by atoms with Crippen LogP contribution in [0.3, 0.4) is 0 Å². The number of carbonyl (C=O) groups is 1. The second kappa shape index (κ2) is 12.8. The van der Waals surface area contributed by atoms with Crippen LogP contribution in [-0.4, -0.2) is 44.8 Å². The van der Waals surface area contributed by atoms with Crippen LogP contribution < -0.4 is 9.64 Å². The van der Waals surface area contributed by atoms with Gasteiger partial charge in [-0.25, -0.2) is 4.39 Å². The Morgan fingerprint density at radius 3 is 2.58 bits per heavy atom. The van der Waals surface area contributed by atoms with Crippen molar-refractivity contribution in [3.05, 3.63) is 48.5 Å². The maximum Gasteiger partial charge on any atom is 0.387 e. The predicted molar refractivity (Wildman–Crippen MR) is 144 cm³/mol. The van der Waals surface area contributed by atoms with Crippen LogP contribution in [0.25, 0.3) is 11.3 Å². The summed E-state index contributed by atoms with van der Waals surface area (Å²) in [6, 6.07) is 4.73. The Labute approximate surface area is 232 Å². The average Bonchev–Trinajstić information content (AvgIpc) is 3.38. The highest BCUT2D eigenvalue weighted by Crippen LogP contribution is 2.40. The van der Waals surface area contributed by atoms with E-state index >= 15 is 0 Å². The van der Waals surface area contributed by atoms with E-state index in [1.807, 2.05) is 20.8 Å². The van der Waals surface area contributed by atoms with Gasteiger partial charge in [0, 0.05) is 36.6 Å². The smallest absolute Gasteiger partial charge is 0.387 e. The van der Waals surface area contributed by atoms with Crippen LogP contribution in [0.15, 0.2) is 41.3 Å². The first-order valence-electron chi connectivity index (χ1n) is 13.7. The van der Waals surface area contributed by atoms with Crippen molar-refractivity contribution in [1.82, 2.24) is 20.1 Å². The lowest BCUT2D eigenvalue weighted by molar-refractivity contribution is -0.119. The van der Waals surface area contributed by atoms with Gasteiger partial charge in [0.15, 0.2) is 5.82 Å². The van der Waals surface area contributed by atoms with Crippen molar-refractivity contribution in [2.75, 3.05) is 11.4 Å². The molecular weight excluding hydrogens is 523 g/mol. The van der Waals surface area contributed by atoms with Crippen LogP contribution in [0.4, 0.5) is 18.9 Å². The number of carbonyl (C=O) groups excluding carboxylic acids is 1. The quantitative estimate of drug-likeness (QED) is 0.212. The van der Waals surface area contributed by atoms with Gasteiger partial charge < -0.3 is 14.2 Å². The topological polar surface area (TPSA) is 94.2 Å². The lowest BCUT2D eigenvalue weighted by Gasteiger charge is -2.34. The Morgan fingerprint density at radius 1 is 1.15 bits per heavy atom. The van der Waals surface area contributed by atoms with Crippen LogP contribution in [0.2, 0.25) is 0 Å². The van der Waals surface area contributed by atoms with Gasteiger partial charge in [0.1, 0.15) is 11.4 Å². The molecular formula is C29H36F3N5O3. The number of aromatic nitrogens is 4. The molecule has 1 amide bonds. The number of hydrogen-bond donors (Lipinski definition) is 0. The summed E-state index contributed by atoms with van der Waals surface area (Å²) in [6.45, 7) is 3.55. The number of rotatable bonds is 13. The number of aryl methyl sites for hydroxylation is 1. The molecule has 1 aliphatic rings. The SMILES string of the molecule is CC(C)(C)c1nc(CCCCCN(C(=O)CCC2(F)CCC2)c2cncc(-c3ccc(OC(F)F)cn3)c2)no1. The van der Waals surface area contributed by atoms with Crippen LogP contribution >= 0.6 is 0 Å². The monoisotopic (exact) mass is 559 g/mol. The molecule has 0 aromatic carbocycles. The van der Waals surface area contributed by atoms with Crippen molar-refractivity contribution < 1.29 is 27.2 Å². The lowest BCUT2D eigenvalue weighted by atomic mass is 9.79. The summed E-state index contributed by atoms with van der Waals surface area (Å²) in [5, 5.41) is 4.06. The molecule has 0 radical (unpaired) electrons. The molecule has 0 spiro atoms. The van der Waals surface area contributed by atoms with Crippen molar-refractivity contribution in [3.8, 4) is 17.0 Å². The van der Waals surface area contributed by atoms with Gasteiger partial charge in [0.05, 0.1) is 23.8 Å². The molecule has 0 saturated heterocycles. The average molecular weight is 560 g/mol. The zero-order chi connectivity index (χ0) is 28.8. The number of alkyl halides is 3. The van der Waals surface area contributed by atoms with E-state index in [9.17, 15) is 18.0 Å². The molecule has 1 saturated carbocycles. The zero-order valence-corrected chi connectivity index (χ0v) is 23.2. The number of halogens is 3. The normalized spacial score (nSPS) is 14.7. The Balaban J connectivity index is 1.41. The molecule has 0 unspecified atom stereocenters. The fraction of sp³-hybridized carbons (Fsp3) is 0.552. The molecule has 3 heterocycles. The van der Waals surface area contributed by atoms with Crippen molar-refractivity contribution >= 4 is 11.6 Å². The zero-order valence-electron chi connectivity index (χ0n) is 23.2. The Hall–Kier alpha value is -3.50. The molecule has 4 rings (SSSR count). The second-order valence-electron chi connectivity index (χ2n) is 11.3. The van der Waals surface area contributed by atoms with E-state index in [4.69, 9.17) is 4.52 Å². The van der Waals surface area contributed by atoms with E-state index < -0.39 is 12.3 Å². The molecule has 1 aliphatic carbocycles. The first-order chi connectivity index (χ1) is 19.0. The predicted octanol–water partition coefficient (Wildman–Crippen LogP) is 6.84. The van der Waals surface area contributed by atoms with Crippen LogP contribution in [0, 0.1) is 0 Å². The van der Waals surface area contributed by atoms with E-state index in [1.54, 1.807) is 29.4 Å². The molecule has 0 N–H and O–H groups in total. The van der Waals surface area contributed by atoms with E-state index in [1.165, 1.54) is 12.3 Å². The minimum Gasteiger partial charge on any atom is -0.433 e. The maximum absolute atomic E-state index is 14.7. The second-order valence-corrected chi connectivity index (χ2v) is 11.3. The highest BCUT2D eigenvalue weighted by molar-refractivity contribution is 5.93. The number of amides is 1. The molecule has 3 aromatic heterocycles. The van der Waals surface area contributed by atoms with Gasteiger partial charge in [0.2, 0.25) is 11.8 Å². The molecule has 0 atom stereocenters. The first-order valence-corrected chi connectivity index (χ1v) is 13.7. The minimum absolute atomic E-state index is 0.0498. The highest BCUT2D eigenvalue weighted by Gasteiger charge is 2.37. The summed E-state index contributed by atoms with van der Waals surface area (Å²) in [7, 11) is 0. The maximum atomic E-state index is 14.7. The molecule has 0 aliphatic heterocycles. The molecule has 40 heavy (non-hydrogen) atoms. The fourth-order valence-electron chi connectivity index (χ4n) is 4.50. The van der Waals surface area contributed by atoms with E-state index in [-0.39, 0.29) is 29.9 Å². The van der Waals surface area contributed by atoms with Gasteiger partial charge in [-0.2, -0.15) is 13.8 Å². The number of pyridine rings is 2. The number of unbranched alkanes of at least 4 members (excludes halogenated alkanes) is 2. The molecule has 1 fully saturated rings. The third-order valence-corrected chi connectivity index (χ3v) is 7.02. The summed E-state index contributed by atoms with van der Waals surface area (Å²) in [5.41, 5.74) is 0.238. The van der Waals surface area contributed by atoms with Crippen molar-refractivity contribution in [2.24, 2.45) is 0 Å².